The Bertz CT molecular complexity index is 744. The van der Waals surface area contributed by atoms with Gasteiger partial charge >= 0.3 is 0 Å². The molecule has 0 bridgehead atoms. The van der Waals surface area contributed by atoms with Gasteiger partial charge in [-0.1, -0.05) is 32.9 Å². The number of sulfonamides is 1. The summed E-state index contributed by atoms with van der Waals surface area (Å²) in [6.45, 7) is 7.34. The van der Waals surface area contributed by atoms with Crippen LogP contribution in [0.2, 0.25) is 0 Å². The molecule has 0 fully saturated rings. The number of rotatable bonds is 6. The van der Waals surface area contributed by atoms with Crippen LogP contribution >= 0.6 is 0 Å². The molecule has 0 spiro atoms. The minimum absolute atomic E-state index is 0.0157. The van der Waals surface area contributed by atoms with Crippen LogP contribution in [0.3, 0.4) is 0 Å². The Hall–Kier alpha value is -1.86. The largest absolute Gasteiger partial charge is 0.383 e. The van der Waals surface area contributed by atoms with E-state index in [1.54, 1.807) is 30.1 Å². The van der Waals surface area contributed by atoms with E-state index in [0.717, 1.165) is 5.56 Å². The Labute approximate surface area is 137 Å². The van der Waals surface area contributed by atoms with Crippen molar-refractivity contribution in [2.45, 2.75) is 37.6 Å². The van der Waals surface area contributed by atoms with Gasteiger partial charge in [-0.3, -0.25) is 9.40 Å². The van der Waals surface area contributed by atoms with Crippen LogP contribution in [0.15, 0.2) is 41.6 Å². The maximum Gasteiger partial charge on any atom is 0.261 e. The first-order valence-electron chi connectivity index (χ1n) is 7.37. The third-order valence-electron chi connectivity index (χ3n) is 3.44. The number of nitrogens with one attached hydrogen (secondary N) is 1. The molecule has 0 aliphatic rings. The van der Waals surface area contributed by atoms with Gasteiger partial charge in [-0.2, -0.15) is 5.10 Å². The molecule has 23 heavy (non-hydrogen) atoms. The van der Waals surface area contributed by atoms with Gasteiger partial charge in [-0.05, 0) is 23.1 Å². The van der Waals surface area contributed by atoms with Gasteiger partial charge in [0.25, 0.3) is 10.0 Å². The summed E-state index contributed by atoms with van der Waals surface area (Å²) < 4.78 is 34.0. The number of nitrogens with zero attached hydrogens (tertiary/aromatic N) is 2. The summed E-state index contributed by atoms with van der Waals surface area (Å²) in [5.41, 5.74) is 1.50. The number of hydrogen-bond acceptors (Lipinski definition) is 4. The molecule has 0 radical (unpaired) electrons. The molecule has 2 rings (SSSR count). The monoisotopic (exact) mass is 337 g/mol. The van der Waals surface area contributed by atoms with Crippen molar-refractivity contribution in [2.24, 2.45) is 0 Å². The molecule has 0 aliphatic carbocycles. The fraction of sp³-hybridized carbons (Fsp3) is 0.438. The van der Waals surface area contributed by atoms with E-state index in [2.05, 4.69) is 30.6 Å². The molecule has 0 amide bonds. The normalized spacial score (nSPS) is 12.3. The van der Waals surface area contributed by atoms with Crippen molar-refractivity contribution < 1.29 is 13.2 Å². The highest BCUT2D eigenvalue weighted by Gasteiger charge is 2.18. The molecule has 0 saturated heterocycles. The maximum atomic E-state index is 12.4. The number of hydrogen-bond donors (Lipinski definition) is 1. The standard InChI is InChI=1S/C16H23N3O3S/c1-16(2,3)13-5-7-15(8-6-13)23(20,21)18-14-11-17-19(12-14)9-10-22-4/h5-8,11-12,18H,9-10H2,1-4H3. The van der Waals surface area contributed by atoms with Gasteiger partial charge in [0, 0.05) is 13.3 Å². The second-order valence-corrected chi connectivity index (χ2v) is 8.05. The number of methoxy groups -OCH3 is 1. The van der Waals surface area contributed by atoms with Crippen LogP contribution in [0.25, 0.3) is 0 Å². The Kier molecular flexibility index (Phi) is 5.11. The van der Waals surface area contributed by atoms with E-state index < -0.39 is 10.0 Å². The third-order valence-corrected chi connectivity index (χ3v) is 4.84. The molecule has 1 aromatic heterocycles. The fourth-order valence-electron chi connectivity index (χ4n) is 2.07. The van der Waals surface area contributed by atoms with Crippen LogP contribution in [-0.4, -0.2) is 31.9 Å². The first kappa shape index (κ1) is 17.5. The lowest BCUT2D eigenvalue weighted by atomic mass is 9.87. The zero-order chi connectivity index (χ0) is 17.1. The first-order chi connectivity index (χ1) is 10.7. The molecule has 0 saturated carbocycles. The van der Waals surface area contributed by atoms with E-state index in [1.807, 2.05) is 12.1 Å². The van der Waals surface area contributed by atoms with Gasteiger partial charge in [0.1, 0.15) is 0 Å². The summed E-state index contributed by atoms with van der Waals surface area (Å²) in [5.74, 6) is 0. The highest BCUT2D eigenvalue weighted by Crippen LogP contribution is 2.24. The first-order valence-corrected chi connectivity index (χ1v) is 8.85. The SMILES string of the molecule is COCCn1cc(NS(=O)(=O)c2ccc(C(C)(C)C)cc2)cn1. The minimum Gasteiger partial charge on any atom is -0.383 e. The molecule has 2 aromatic rings. The number of benzene rings is 1. The molecule has 7 heteroatoms. The van der Waals surface area contributed by atoms with Crippen molar-refractivity contribution in [3.05, 3.63) is 42.2 Å². The summed E-state index contributed by atoms with van der Waals surface area (Å²) in [6, 6.07) is 6.93. The van der Waals surface area contributed by atoms with Gasteiger partial charge in [0.05, 0.1) is 29.9 Å². The van der Waals surface area contributed by atoms with Crippen molar-refractivity contribution in [1.82, 2.24) is 9.78 Å². The molecule has 126 valence electrons. The highest BCUT2D eigenvalue weighted by atomic mass is 32.2. The average Bonchev–Trinajstić information content (AvgIpc) is 2.91. The van der Waals surface area contributed by atoms with Crippen LogP contribution < -0.4 is 4.72 Å². The number of aromatic nitrogens is 2. The van der Waals surface area contributed by atoms with Crippen LogP contribution in [0, 0.1) is 0 Å². The summed E-state index contributed by atoms with van der Waals surface area (Å²) >= 11 is 0. The molecule has 1 heterocycles. The zero-order valence-corrected chi connectivity index (χ0v) is 14.7. The van der Waals surface area contributed by atoms with E-state index in [4.69, 9.17) is 4.74 Å². The predicted molar refractivity (Wildman–Crippen MR) is 90.1 cm³/mol. The van der Waals surface area contributed by atoms with Gasteiger partial charge < -0.3 is 4.74 Å². The number of anilines is 1. The molecular weight excluding hydrogens is 314 g/mol. The lowest BCUT2D eigenvalue weighted by Gasteiger charge is -2.19. The van der Waals surface area contributed by atoms with Crippen molar-refractivity contribution in [3.63, 3.8) is 0 Å². The molecule has 1 aromatic carbocycles. The van der Waals surface area contributed by atoms with Crippen molar-refractivity contribution in [2.75, 3.05) is 18.4 Å². The lowest BCUT2D eigenvalue weighted by molar-refractivity contribution is 0.183. The van der Waals surface area contributed by atoms with Gasteiger partial charge in [-0.25, -0.2) is 8.42 Å². The maximum absolute atomic E-state index is 12.4. The Morgan fingerprint density at radius 3 is 2.43 bits per heavy atom. The summed E-state index contributed by atoms with van der Waals surface area (Å²) in [6.07, 6.45) is 3.12. The predicted octanol–water partition coefficient (Wildman–Crippen LogP) is 2.63. The van der Waals surface area contributed by atoms with E-state index in [0.29, 0.717) is 18.8 Å². The summed E-state index contributed by atoms with van der Waals surface area (Å²) in [5, 5.41) is 4.09. The van der Waals surface area contributed by atoms with Crippen molar-refractivity contribution in [3.8, 4) is 0 Å². The lowest BCUT2D eigenvalue weighted by Crippen LogP contribution is -2.14. The van der Waals surface area contributed by atoms with Crippen molar-refractivity contribution >= 4 is 15.7 Å². The molecule has 0 aliphatic heterocycles. The quantitative estimate of drug-likeness (QED) is 0.879. The van der Waals surface area contributed by atoms with Crippen LogP contribution in [0.1, 0.15) is 26.3 Å². The van der Waals surface area contributed by atoms with Gasteiger partial charge in [0.15, 0.2) is 0 Å². The van der Waals surface area contributed by atoms with E-state index >= 15 is 0 Å². The number of ether oxygens (including phenoxy) is 1. The average molecular weight is 337 g/mol. The van der Waals surface area contributed by atoms with Crippen LogP contribution in [0.4, 0.5) is 5.69 Å². The highest BCUT2D eigenvalue weighted by molar-refractivity contribution is 7.92. The third kappa shape index (κ3) is 4.56. The second-order valence-electron chi connectivity index (χ2n) is 6.36. The topological polar surface area (TPSA) is 73.2 Å². The van der Waals surface area contributed by atoms with Gasteiger partial charge in [-0.15, -0.1) is 0 Å². The van der Waals surface area contributed by atoms with E-state index in [9.17, 15) is 8.42 Å². The molecule has 0 atom stereocenters. The smallest absolute Gasteiger partial charge is 0.261 e. The van der Waals surface area contributed by atoms with E-state index in [1.165, 1.54) is 6.20 Å². The Morgan fingerprint density at radius 1 is 1.22 bits per heavy atom. The Balaban J connectivity index is 2.14. The second kappa shape index (κ2) is 6.72. The zero-order valence-electron chi connectivity index (χ0n) is 13.9. The summed E-state index contributed by atoms with van der Waals surface area (Å²) in [4.78, 5) is 0.232. The van der Waals surface area contributed by atoms with E-state index in [-0.39, 0.29) is 10.3 Å². The molecular formula is C16H23N3O3S. The van der Waals surface area contributed by atoms with Crippen molar-refractivity contribution in [1.29, 1.82) is 0 Å². The Morgan fingerprint density at radius 2 is 1.87 bits per heavy atom. The van der Waals surface area contributed by atoms with Crippen LogP contribution in [0.5, 0.6) is 0 Å². The van der Waals surface area contributed by atoms with Crippen LogP contribution in [-0.2, 0) is 26.7 Å². The molecule has 6 nitrogen and oxygen atoms in total. The van der Waals surface area contributed by atoms with Gasteiger partial charge in [0.2, 0.25) is 0 Å². The molecule has 0 unspecified atom stereocenters. The molecule has 1 N–H and O–H groups in total. The minimum atomic E-state index is -3.62. The fourth-order valence-corrected chi connectivity index (χ4v) is 3.10. The summed E-state index contributed by atoms with van der Waals surface area (Å²) in [7, 11) is -2.01.